The van der Waals surface area contributed by atoms with Crippen LogP contribution in [-0.4, -0.2) is 0 Å². The summed E-state index contributed by atoms with van der Waals surface area (Å²) >= 11 is 0. The largest absolute Gasteiger partial charge is 0.456 e. The van der Waals surface area contributed by atoms with Crippen molar-refractivity contribution in [1.29, 1.82) is 0 Å². The van der Waals surface area contributed by atoms with Crippen LogP contribution in [0, 0.1) is 0 Å². The molecule has 0 aliphatic heterocycles. The normalized spacial score (nSPS) is 11.5. The summed E-state index contributed by atoms with van der Waals surface area (Å²) < 4.78 is 6.19. The second-order valence-corrected chi connectivity index (χ2v) is 13.3. The van der Waals surface area contributed by atoms with Crippen molar-refractivity contribution in [2.24, 2.45) is 0 Å². The summed E-state index contributed by atoms with van der Waals surface area (Å²) in [5.74, 6) is 0. The highest BCUT2D eigenvalue weighted by Gasteiger charge is 2.16. The summed E-state index contributed by atoms with van der Waals surface area (Å²) in [5.41, 5.74) is 12.3. The Morgan fingerprint density at radius 3 is 1.73 bits per heavy atom. The Morgan fingerprint density at radius 2 is 0.904 bits per heavy atom. The fourth-order valence-electron chi connectivity index (χ4n) is 7.79. The maximum absolute atomic E-state index is 6.19. The van der Waals surface area contributed by atoms with Crippen molar-refractivity contribution in [3.05, 3.63) is 200 Å². The summed E-state index contributed by atoms with van der Waals surface area (Å²) in [5, 5.41) is 7.40. The van der Waals surface area contributed by atoms with E-state index in [1.165, 1.54) is 49.4 Å². The molecule has 244 valence electrons. The monoisotopic (exact) mass is 663 g/mol. The highest BCUT2D eigenvalue weighted by molar-refractivity contribution is 6.13. The van der Waals surface area contributed by atoms with Crippen LogP contribution >= 0.6 is 0 Å². The van der Waals surface area contributed by atoms with Gasteiger partial charge >= 0.3 is 0 Å². The molecule has 0 spiro atoms. The lowest BCUT2D eigenvalue weighted by Crippen LogP contribution is -2.09. The van der Waals surface area contributed by atoms with Gasteiger partial charge in [0.15, 0.2) is 0 Å². The average molecular weight is 664 g/mol. The van der Waals surface area contributed by atoms with E-state index in [1.54, 1.807) is 0 Å². The number of fused-ring (bicyclic) bond motifs is 6. The van der Waals surface area contributed by atoms with Crippen molar-refractivity contribution in [1.82, 2.24) is 0 Å². The standard InChI is InChI=1S/C50H33NO/c1-2-14-39(15-3-1)51(41-30-25-36(26-31-41)44-19-10-22-49-50(44)47-17-6-7-21-48(47)52-49)40-28-23-34(24-29-40)37-12-8-13-38(33-37)43-18-9-20-45-42-16-5-4-11-35(42)27-32-46(43)45/h1-33H. The Balaban J connectivity index is 1.00. The van der Waals surface area contributed by atoms with Crippen LogP contribution in [0.3, 0.4) is 0 Å². The number of anilines is 3. The minimum atomic E-state index is 0.907. The van der Waals surface area contributed by atoms with E-state index in [0.29, 0.717) is 0 Å². The predicted octanol–water partition coefficient (Wildman–Crippen LogP) is 14.4. The molecule has 0 unspecified atom stereocenters. The van der Waals surface area contributed by atoms with Gasteiger partial charge in [0.2, 0.25) is 0 Å². The zero-order valence-corrected chi connectivity index (χ0v) is 28.4. The van der Waals surface area contributed by atoms with Crippen LogP contribution in [-0.2, 0) is 0 Å². The van der Waals surface area contributed by atoms with Gasteiger partial charge in [0.1, 0.15) is 11.2 Å². The van der Waals surface area contributed by atoms with Crippen LogP contribution in [0.1, 0.15) is 0 Å². The lowest BCUT2D eigenvalue weighted by molar-refractivity contribution is 0.669. The first kappa shape index (κ1) is 30.0. The van der Waals surface area contributed by atoms with Gasteiger partial charge in [-0.3, -0.25) is 0 Å². The summed E-state index contributed by atoms with van der Waals surface area (Å²) in [6, 6.07) is 71.6. The Labute approximate surface area is 302 Å². The van der Waals surface area contributed by atoms with E-state index < -0.39 is 0 Å². The lowest BCUT2D eigenvalue weighted by Gasteiger charge is -2.26. The third-order valence-electron chi connectivity index (χ3n) is 10.3. The first-order chi connectivity index (χ1) is 25.8. The molecule has 0 bridgehead atoms. The topological polar surface area (TPSA) is 16.4 Å². The van der Waals surface area contributed by atoms with Crippen LogP contribution in [0.15, 0.2) is 205 Å². The van der Waals surface area contributed by atoms with E-state index in [0.717, 1.165) is 44.6 Å². The van der Waals surface area contributed by atoms with Crippen molar-refractivity contribution in [3.8, 4) is 33.4 Å². The van der Waals surface area contributed by atoms with E-state index in [4.69, 9.17) is 4.42 Å². The molecule has 0 amide bonds. The SMILES string of the molecule is c1ccc(N(c2ccc(-c3cccc(-c4cccc5c4ccc4ccccc45)c3)cc2)c2ccc(-c3cccc4oc5ccccc5c34)cc2)cc1. The highest BCUT2D eigenvalue weighted by Crippen LogP contribution is 2.40. The maximum Gasteiger partial charge on any atom is 0.136 e. The second kappa shape index (κ2) is 12.5. The van der Waals surface area contributed by atoms with E-state index >= 15 is 0 Å². The molecular formula is C50H33NO. The molecule has 1 aromatic heterocycles. The summed E-state index contributed by atoms with van der Waals surface area (Å²) in [4.78, 5) is 2.32. The zero-order valence-electron chi connectivity index (χ0n) is 28.4. The molecule has 10 rings (SSSR count). The van der Waals surface area contributed by atoms with Crippen LogP contribution in [0.25, 0.3) is 76.9 Å². The fourth-order valence-corrected chi connectivity index (χ4v) is 7.79. The molecule has 9 aromatic carbocycles. The Morgan fingerprint density at radius 1 is 0.308 bits per heavy atom. The summed E-state index contributed by atoms with van der Waals surface area (Å²) in [7, 11) is 0. The molecule has 2 nitrogen and oxygen atoms in total. The van der Waals surface area contributed by atoms with Gasteiger partial charge in [0, 0.05) is 27.8 Å². The van der Waals surface area contributed by atoms with Gasteiger partial charge in [-0.1, -0.05) is 146 Å². The number of nitrogens with zero attached hydrogens (tertiary/aromatic N) is 1. The molecule has 10 aromatic rings. The number of para-hydroxylation sites is 2. The first-order valence-corrected chi connectivity index (χ1v) is 17.8. The molecule has 0 fully saturated rings. The fraction of sp³-hybridized carbons (Fsp3) is 0. The molecule has 1 heterocycles. The zero-order chi connectivity index (χ0) is 34.4. The molecule has 0 N–H and O–H groups in total. The van der Waals surface area contributed by atoms with Crippen LogP contribution in [0.5, 0.6) is 0 Å². The van der Waals surface area contributed by atoms with Crippen molar-refractivity contribution in [3.63, 3.8) is 0 Å². The van der Waals surface area contributed by atoms with Crippen molar-refractivity contribution < 1.29 is 4.42 Å². The number of benzene rings is 9. The van der Waals surface area contributed by atoms with Crippen molar-refractivity contribution in [2.75, 3.05) is 4.90 Å². The first-order valence-electron chi connectivity index (χ1n) is 17.8. The highest BCUT2D eigenvalue weighted by atomic mass is 16.3. The number of hydrogen-bond acceptors (Lipinski definition) is 2. The maximum atomic E-state index is 6.19. The summed E-state index contributed by atoms with van der Waals surface area (Å²) in [6.07, 6.45) is 0. The molecule has 0 aliphatic carbocycles. The van der Waals surface area contributed by atoms with Crippen LogP contribution in [0.4, 0.5) is 17.1 Å². The molecule has 0 saturated heterocycles. The number of hydrogen-bond donors (Lipinski definition) is 0. The average Bonchev–Trinajstić information content (AvgIpc) is 3.61. The van der Waals surface area contributed by atoms with Gasteiger partial charge in [-0.05, 0) is 110 Å². The van der Waals surface area contributed by atoms with Gasteiger partial charge in [-0.2, -0.15) is 0 Å². The smallest absolute Gasteiger partial charge is 0.136 e. The van der Waals surface area contributed by atoms with Gasteiger partial charge in [0.25, 0.3) is 0 Å². The van der Waals surface area contributed by atoms with Gasteiger partial charge in [-0.15, -0.1) is 0 Å². The molecule has 0 aliphatic rings. The Bertz CT molecular complexity index is 2890. The third kappa shape index (κ3) is 5.12. The van der Waals surface area contributed by atoms with Gasteiger partial charge in [-0.25, -0.2) is 0 Å². The van der Waals surface area contributed by atoms with E-state index in [9.17, 15) is 0 Å². The lowest BCUT2D eigenvalue weighted by atomic mass is 9.93. The quantitative estimate of drug-likeness (QED) is 0.165. The molecule has 0 saturated carbocycles. The van der Waals surface area contributed by atoms with Crippen LogP contribution < -0.4 is 4.90 Å². The van der Waals surface area contributed by atoms with E-state index in [2.05, 4.69) is 193 Å². The van der Waals surface area contributed by atoms with E-state index in [1.807, 2.05) is 12.1 Å². The second-order valence-electron chi connectivity index (χ2n) is 13.3. The van der Waals surface area contributed by atoms with E-state index in [-0.39, 0.29) is 0 Å². The molecule has 52 heavy (non-hydrogen) atoms. The number of rotatable bonds is 6. The van der Waals surface area contributed by atoms with Gasteiger partial charge < -0.3 is 9.32 Å². The Hall–Kier alpha value is -6.90. The summed E-state index contributed by atoms with van der Waals surface area (Å²) in [6.45, 7) is 0. The van der Waals surface area contributed by atoms with Crippen molar-refractivity contribution in [2.45, 2.75) is 0 Å². The molecular weight excluding hydrogens is 631 g/mol. The number of furan rings is 1. The van der Waals surface area contributed by atoms with Crippen LogP contribution in [0.2, 0.25) is 0 Å². The third-order valence-corrected chi connectivity index (χ3v) is 10.3. The Kier molecular flexibility index (Phi) is 7.18. The minimum absolute atomic E-state index is 0.907. The molecule has 0 radical (unpaired) electrons. The minimum Gasteiger partial charge on any atom is -0.456 e. The molecule has 2 heteroatoms. The molecule has 0 atom stereocenters. The van der Waals surface area contributed by atoms with Gasteiger partial charge in [0.05, 0.1) is 0 Å². The predicted molar refractivity (Wildman–Crippen MR) is 220 cm³/mol. The van der Waals surface area contributed by atoms with Crippen molar-refractivity contribution >= 4 is 60.5 Å².